The number of amides is 2. The third kappa shape index (κ3) is 2.78. The van der Waals surface area contributed by atoms with Crippen molar-refractivity contribution in [2.75, 3.05) is 10.6 Å². The fourth-order valence-corrected chi connectivity index (χ4v) is 2.88. The van der Waals surface area contributed by atoms with Gasteiger partial charge in [0.15, 0.2) is 0 Å². The molecule has 1 aliphatic heterocycles. The Bertz CT molecular complexity index is 711. The number of anilines is 2. The molecule has 0 bridgehead atoms. The second-order valence-electron chi connectivity index (χ2n) is 4.85. The molecule has 0 atom stereocenters. The van der Waals surface area contributed by atoms with Crippen LogP contribution in [0.2, 0.25) is 0 Å². The van der Waals surface area contributed by atoms with E-state index < -0.39 is 0 Å². The van der Waals surface area contributed by atoms with E-state index in [2.05, 4.69) is 20.2 Å². The lowest BCUT2D eigenvalue weighted by Gasteiger charge is -2.06. The number of rotatable bonds is 4. The van der Waals surface area contributed by atoms with Crippen molar-refractivity contribution < 1.29 is 9.59 Å². The van der Waals surface area contributed by atoms with Crippen LogP contribution in [0, 0.1) is 0 Å². The van der Waals surface area contributed by atoms with Gasteiger partial charge in [-0.15, -0.1) is 5.10 Å². The summed E-state index contributed by atoms with van der Waals surface area (Å²) in [4.78, 5) is 24.1. The van der Waals surface area contributed by atoms with Crippen LogP contribution in [0.5, 0.6) is 0 Å². The number of fused-ring (bicyclic) bond motifs is 1. The van der Waals surface area contributed by atoms with Crippen LogP contribution < -0.4 is 10.6 Å². The largest absolute Gasteiger partial charge is 0.326 e. The number of aromatic nitrogens is 2. The average molecular weight is 302 g/mol. The summed E-state index contributed by atoms with van der Waals surface area (Å²) < 4.78 is 3.85. The number of nitrogens with zero attached hydrogens (tertiary/aromatic N) is 2. The van der Waals surface area contributed by atoms with Crippen LogP contribution in [-0.4, -0.2) is 21.4 Å². The molecule has 1 aromatic carbocycles. The number of benzene rings is 1. The highest BCUT2D eigenvalue weighted by molar-refractivity contribution is 7.08. The van der Waals surface area contributed by atoms with E-state index in [0.717, 1.165) is 41.3 Å². The maximum absolute atomic E-state index is 12.3. The van der Waals surface area contributed by atoms with Crippen LogP contribution in [0.3, 0.4) is 0 Å². The van der Waals surface area contributed by atoms with Gasteiger partial charge in [-0.1, -0.05) is 17.8 Å². The number of hydrogen-bond acceptors (Lipinski definition) is 5. The number of nitrogens with one attached hydrogen (secondary N) is 2. The molecule has 0 saturated heterocycles. The van der Waals surface area contributed by atoms with Crippen LogP contribution in [0.1, 0.15) is 34.3 Å². The Labute approximate surface area is 125 Å². The summed E-state index contributed by atoms with van der Waals surface area (Å²) in [7, 11) is 0. The Morgan fingerprint density at radius 3 is 3.14 bits per heavy atom. The van der Waals surface area contributed by atoms with Crippen molar-refractivity contribution in [1.82, 2.24) is 9.59 Å². The van der Waals surface area contributed by atoms with Crippen molar-refractivity contribution in [3.8, 4) is 0 Å². The molecule has 0 spiro atoms. The second-order valence-corrected chi connectivity index (χ2v) is 5.60. The molecule has 108 valence electrons. The van der Waals surface area contributed by atoms with Gasteiger partial charge in [-0.05, 0) is 41.7 Å². The van der Waals surface area contributed by atoms with E-state index in [1.54, 1.807) is 12.1 Å². The maximum Gasteiger partial charge on any atom is 0.269 e. The van der Waals surface area contributed by atoms with Crippen molar-refractivity contribution >= 4 is 34.7 Å². The minimum Gasteiger partial charge on any atom is -0.326 e. The maximum atomic E-state index is 12.3. The number of hydrogen-bond donors (Lipinski definition) is 2. The molecule has 1 aliphatic rings. The van der Waals surface area contributed by atoms with Gasteiger partial charge in [0.2, 0.25) is 5.91 Å². The molecule has 0 aliphatic carbocycles. The lowest BCUT2D eigenvalue weighted by Crippen LogP contribution is -2.12. The molecule has 2 N–H and O–H groups in total. The van der Waals surface area contributed by atoms with E-state index in [1.807, 2.05) is 13.0 Å². The van der Waals surface area contributed by atoms with Crippen LogP contribution in [0.25, 0.3) is 0 Å². The monoisotopic (exact) mass is 302 g/mol. The van der Waals surface area contributed by atoms with Crippen LogP contribution in [-0.2, 0) is 17.6 Å². The standard InChI is InChI=1S/C14H14N4O2S/c1-2-3-11-13(21-18-17-11)14(20)15-9-4-5-10-8(6-9)7-12(19)16-10/h4-6H,2-3,7H2,1H3,(H,15,20)(H,16,19). The molecule has 2 heterocycles. The van der Waals surface area contributed by atoms with Gasteiger partial charge < -0.3 is 10.6 Å². The second kappa shape index (κ2) is 5.61. The first kappa shape index (κ1) is 13.7. The first-order chi connectivity index (χ1) is 10.2. The number of aryl methyl sites for hydroxylation is 1. The summed E-state index contributed by atoms with van der Waals surface area (Å²) in [6.07, 6.45) is 2.00. The van der Waals surface area contributed by atoms with Crippen LogP contribution in [0.4, 0.5) is 11.4 Å². The quantitative estimate of drug-likeness (QED) is 0.907. The van der Waals surface area contributed by atoms with Gasteiger partial charge in [-0.3, -0.25) is 9.59 Å². The number of carbonyl (C=O) groups excluding carboxylic acids is 2. The minimum absolute atomic E-state index is 0.0228. The van der Waals surface area contributed by atoms with E-state index in [4.69, 9.17) is 0 Å². The van der Waals surface area contributed by atoms with E-state index in [1.165, 1.54) is 0 Å². The van der Waals surface area contributed by atoms with Gasteiger partial charge in [0.05, 0.1) is 12.1 Å². The van der Waals surface area contributed by atoms with Crippen molar-refractivity contribution in [3.05, 3.63) is 34.3 Å². The predicted octanol–water partition coefficient (Wildman–Crippen LogP) is 2.24. The Morgan fingerprint density at radius 2 is 2.33 bits per heavy atom. The fraction of sp³-hybridized carbons (Fsp3) is 0.286. The van der Waals surface area contributed by atoms with Crippen molar-refractivity contribution in [2.45, 2.75) is 26.2 Å². The van der Waals surface area contributed by atoms with Crippen molar-refractivity contribution in [3.63, 3.8) is 0 Å². The van der Waals surface area contributed by atoms with E-state index in [9.17, 15) is 9.59 Å². The first-order valence-corrected chi connectivity index (χ1v) is 7.50. The molecule has 7 heteroatoms. The third-order valence-electron chi connectivity index (χ3n) is 3.24. The molecule has 0 fully saturated rings. The molecule has 2 aromatic rings. The SMILES string of the molecule is CCCc1nnsc1C(=O)Nc1ccc2c(c1)CC(=O)N2. The predicted molar refractivity (Wildman–Crippen MR) is 80.6 cm³/mol. The Hall–Kier alpha value is -2.28. The number of carbonyl (C=O) groups is 2. The Balaban J connectivity index is 1.77. The normalized spacial score (nSPS) is 12.9. The lowest BCUT2D eigenvalue weighted by molar-refractivity contribution is -0.115. The molecule has 21 heavy (non-hydrogen) atoms. The Kier molecular flexibility index (Phi) is 3.66. The highest BCUT2D eigenvalue weighted by Gasteiger charge is 2.19. The van der Waals surface area contributed by atoms with Gasteiger partial charge in [0.25, 0.3) is 5.91 Å². The first-order valence-electron chi connectivity index (χ1n) is 6.72. The molecule has 0 radical (unpaired) electrons. The summed E-state index contributed by atoms with van der Waals surface area (Å²) in [6, 6.07) is 5.39. The molecule has 1 aromatic heterocycles. The molecule has 0 unspecified atom stereocenters. The van der Waals surface area contributed by atoms with Crippen LogP contribution in [0.15, 0.2) is 18.2 Å². The molecule has 0 saturated carbocycles. The molecular formula is C14H14N4O2S. The average Bonchev–Trinajstić information content (AvgIpc) is 3.04. The highest BCUT2D eigenvalue weighted by Crippen LogP contribution is 2.26. The summed E-state index contributed by atoms with van der Waals surface area (Å²) in [6.45, 7) is 2.03. The zero-order chi connectivity index (χ0) is 14.8. The molecule has 2 amide bonds. The van der Waals surface area contributed by atoms with Gasteiger partial charge in [0.1, 0.15) is 4.88 Å². The lowest BCUT2D eigenvalue weighted by atomic mass is 10.1. The van der Waals surface area contributed by atoms with Crippen LogP contribution >= 0.6 is 11.5 Å². The zero-order valence-electron chi connectivity index (χ0n) is 11.5. The van der Waals surface area contributed by atoms with Gasteiger partial charge in [-0.25, -0.2) is 0 Å². The molecule has 3 rings (SSSR count). The van der Waals surface area contributed by atoms with Crippen molar-refractivity contribution in [1.29, 1.82) is 0 Å². The Morgan fingerprint density at radius 1 is 1.48 bits per heavy atom. The summed E-state index contributed by atoms with van der Waals surface area (Å²) in [5.74, 6) is -0.226. The topological polar surface area (TPSA) is 84.0 Å². The third-order valence-corrected chi connectivity index (χ3v) is 4.00. The minimum atomic E-state index is -0.203. The fourth-order valence-electron chi connectivity index (χ4n) is 2.28. The summed E-state index contributed by atoms with van der Waals surface area (Å²) in [5, 5.41) is 9.59. The van der Waals surface area contributed by atoms with Gasteiger partial charge in [-0.2, -0.15) is 0 Å². The smallest absolute Gasteiger partial charge is 0.269 e. The zero-order valence-corrected chi connectivity index (χ0v) is 12.3. The van der Waals surface area contributed by atoms with E-state index in [-0.39, 0.29) is 11.8 Å². The van der Waals surface area contributed by atoms with E-state index >= 15 is 0 Å². The van der Waals surface area contributed by atoms with Crippen molar-refractivity contribution in [2.24, 2.45) is 0 Å². The molecular weight excluding hydrogens is 288 g/mol. The van der Waals surface area contributed by atoms with Gasteiger partial charge >= 0.3 is 0 Å². The summed E-state index contributed by atoms with van der Waals surface area (Å²) in [5.41, 5.74) is 3.11. The highest BCUT2D eigenvalue weighted by atomic mass is 32.1. The van der Waals surface area contributed by atoms with E-state index in [0.29, 0.717) is 17.0 Å². The molecule has 6 nitrogen and oxygen atoms in total. The summed E-state index contributed by atoms with van der Waals surface area (Å²) >= 11 is 1.10. The van der Waals surface area contributed by atoms with Gasteiger partial charge in [0, 0.05) is 11.4 Å².